The van der Waals surface area contributed by atoms with Crippen LogP contribution in [0.25, 0.3) is 0 Å². The number of benzene rings is 1. The smallest absolute Gasteiger partial charge is 0.128 e. The van der Waals surface area contributed by atoms with E-state index in [-0.39, 0.29) is 5.75 Å². The normalized spacial score (nSPS) is 11.7. The molecule has 0 unspecified atom stereocenters. The molecule has 0 amide bonds. The monoisotopic (exact) mass is 349 g/mol. The zero-order valence-corrected chi connectivity index (χ0v) is 16.0. The zero-order valence-electron chi connectivity index (χ0n) is 16.0. The summed E-state index contributed by atoms with van der Waals surface area (Å²) in [6, 6.07) is 5.14. The molecule has 0 bridgehead atoms. The average Bonchev–Trinajstić information content (AvgIpc) is 2.62. The van der Waals surface area contributed by atoms with Crippen LogP contribution in [0.5, 0.6) is 11.5 Å². The van der Waals surface area contributed by atoms with E-state index >= 15 is 0 Å². The van der Waals surface area contributed by atoms with Crippen molar-refractivity contribution in [1.29, 1.82) is 0 Å². The number of nitrogens with zero attached hydrogens (tertiary/aromatic N) is 1. The molecule has 1 aromatic carbocycles. The molecule has 25 heavy (non-hydrogen) atoms. The number of phenolic OH excluding ortho intramolecular Hbond substituents is 1. The molecule has 0 aliphatic heterocycles. The van der Waals surface area contributed by atoms with Gasteiger partial charge < -0.3 is 15.1 Å². The maximum Gasteiger partial charge on any atom is 0.128 e. The number of phenols is 1. The molecule has 1 aromatic rings. The molecule has 1 rings (SSSR count). The van der Waals surface area contributed by atoms with Gasteiger partial charge in [-0.05, 0) is 25.0 Å². The summed E-state index contributed by atoms with van der Waals surface area (Å²) in [5.74, 6) is 0.751. The van der Waals surface area contributed by atoms with Gasteiger partial charge in [0.2, 0.25) is 0 Å². The summed E-state index contributed by atoms with van der Waals surface area (Å²) in [6.45, 7) is 4.80. The molecule has 142 valence electrons. The summed E-state index contributed by atoms with van der Waals surface area (Å²) in [5, 5.41) is 22.2. The lowest BCUT2D eigenvalue weighted by Crippen LogP contribution is -2.01. The Morgan fingerprint density at radius 1 is 0.920 bits per heavy atom. The molecule has 2 N–H and O–H groups in total. The van der Waals surface area contributed by atoms with Gasteiger partial charge in [0.05, 0.1) is 12.3 Å². The van der Waals surface area contributed by atoms with Crippen LogP contribution >= 0.6 is 0 Å². The fourth-order valence-electron chi connectivity index (χ4n) is 2.94. The van der Waals surface area contributed by atoms with Crippen LogP contribution < -0.4 is 4.74 Å². The largest absolute Gasteiger partial charge is 0.507 e. The maximum absolute atomic E-state index is 10.0. The van der Waals surface area contributed by atoms with Crippen molar-refractivity contribution in [3.05, 3.63) is 23.8 Å². The maximum atomic E-state index is 10.0. The lowest BCUT2D eigenvalue weighted by Gasteiger charge is -2.09. The highest BCUT2D eigenvalue weighted by atomic mass is 16.5. The van der Waals surface area contributed by atoms with Gasteiger partial charge in [-0.2, -0.15) is 0 Å². The third kappa shape index (κ3) is 8.80. The lowest BCUT2D eigenvalue weighted by atomic mass is 10.1. The van der Waals surface area contributed by atoms with Crippen molar-refractivity contribution in [3.63, 3.8) is 0 Å². The van der Waals surface area contributed by atoms with Crippen LogP contribution in [-0.4, -0.2) is 22.6 Å². The fourth-order valence-corrected chi connectivity index (χ4v) is 2.94. The van der Waals surface area contributed by atoms with Crippen LogP contribution in [0, 0.1) is 0 Å². The van der Waals surface area contributed by atoms with Gasteiger partial charge in [-0.25, -0.2) is 0 Å². The second-order valence-electron chi connectivity index (χ2n) is 6.61. The van der Waals surface area contributed by atoms with Gasteiger partial charge in [0.15, 0.2) is 0 Å². The Hall–Kier alpha value is -1.71. The Morgan fingerprint density at radius 3 is 2.04 bits per heavy atom. The number of hydrogen-bond donors (Lipinski definition) is 2. The number of rotatable bonds is 14. The summed E-state index contributed by atoms with van der Waals surface area (Å²) in [4.78, 5) is 0. The van der Waals surface area contributed by atoms with Gasteiger partial charge >= 0.3 is 0 Å². The van der Waals surface area contributed by atoms with Gasteiger partial charge in [-0.3, -0.25) is 0 Å². The summed E-state index contributed by atoms with van der Waals surface area (Å²) >= 11 is 0. The van der Waals surface area contributed by atoms with Crippen molar-refractivity contribution in [1.82, 2.24) is 0 Å². The molecule has 0 saturated carbocycles. The highest BCUT2D eigenvalue weighted by molar-refractivity contribution is 6.02. The first-order valence-corrected chi connectivity index (χ1v) is 9.90. The van der Waals surface area contributed by atoms with Crippen LogP contribution in [0.2, 0.25) is 0 Å². The van der Waals surface area contributed by atoms with E-state index in [2.05, 4.69) is 12.1 Å². The first kappa shape index (κ1) is 21.3. The molecule has 0 heterocycles. The number of unbranched alkanes of at least 4 members (excludes halogenated alkanes) is 9. The molecule has 0 saturated heterocycles. The topological polar surface area (TPSA) is 62.0 Å². The second kappa shape index (κ2) is 13.6. The number of hydrogen-bond acceptors (Lipinski definition) is 4. The molecule has 0 spiro atoms. The minimum Gasteiger partial charge on any atom is -0.507 e. The number of aromatic hydroxyl groups is 1. The Balaban J connectivity index is 2.13. The zero-order chi connectivity index (χ0) is 18.3. The van der Waals surface area contributed by atoms with Gasteiger partial charge in [0.1, 0.15) is 11.5 Å². The van der Waals surface area contributed by atoms with Crippen molar-refractivity contribution in [3.8, 4) is 11.5 Å². The first-order valence-electron chi connectivity index (χ1n) is 9.90. The number of ether oxygens (including phenoxy) is 1. The Kier molecular flexibility index (Phi) is 11.6. The predicted octanol–water partition coefficient (Wildman–Crippen LogP) is 6.28. The molecule has 0 aromatic heterocycles. The fraction of sp³-hybridized carbons (Fsp3) is 0.667. The highest BCUT2D eigenvalue weighted by Gasteiger charge is 2.09. The minimum absolute atomic E-state index is 0.0928. The van der Waals surface area contributed by atoms with E-state index in [4.69, 9.17) is 9.94 Å². The van der Waals surface area contributed by atoms with Gasteiger partial charge in [-0.1, -0.05) is 76.8 Å². The molecule has 0 aliphatic rings. The van der Waals surface area contributed by atoms with Crippen molar-refractivity contribution < 1.29 is 15.1 Å². The third-order valence-corrected chi connectivity index (χ3v) is 4.50. The van der Waals surface area contributed by atoms with Crippen molar-refractivity contribution >= 4 is 5.71 Å². The van der Waals surface area contributed by atoms with E-state index in [1.165, 1.54) is 57.8 Å². The van der Waals surface area contributed by atoms with Crippen LogP contribution in [0.4, 0.5) is 0 Å². The van der Waals surface area contributed by atoms with Gasteiger partial charge in [0, 0.05) is 11.6 Å². The Bertz CT molecular complexity index is 500. The minimum atomic E-state index is 0.0928. The van der Waals surface area contributed by atoms with Crippen molar-refractivity contribution in [2.75, 3.05) is 6.61 Å². The van der Waals surface area contributed by atoms with E-state index in [0.29, 0.717) is 30.1 Å². The third-order valence-electron chi connectivity index (χ3n) is 4.50. The van der Waals surface area contributed by atoms with Gasteiger partial charge in [-0.15, -0.1) is 0 Å². The second-order valence-corrected chi connectivity index (χ2v) is 6.61. The predicted molar refractivity (Wildman–Crippen MR) is 104 cm³/mol. The van der Waals surface area contributed by atoms with Crippen molar-refractivity contribution in [2.24, 2.45) is 5.16 Å². The quantitative estimate of drug-likeness (QED) is 0.180. The van der Waals surface area contributed by atoms with Crippen molar-refractivity contribution in [2.45, 2.75) is 84.5 Å². The molecule has 4 heteroatoms. The highest BCUT2D eigenvalue weighted by Crippen LogP contribution is 2.25. The molecular formula is C21H35NO3. The molecule has 0 fully saturated rings. The van der Waals surface area contributed by atoms with E-state index in [9.17, 15) is 5.11 Å². The summed E-state index contributed by atoms with van der Waals surface area (Å²) in [6.07, 6.45) is 13.6. The molecule has 4 nitrogen and oxygen atoms in total. The summed E-state index contributed by atoms with van der Waals surface area (Å²) < 4.78 is 5.70. The van der Waals surface area contributed by atoms with Gasteiger partial charge in [0.25, 0.3) is 0 Å². The summed E-state index contributed by atoms with van der Waals surface area (Å²) in [5.41, 5.74) is 1.02. The molecule has 0 radical (unpaired) electrons. The number of oxime groups is 1. The van der Waals surface area contributed by atoms with E-state index < -0.39 is 0 Å². The van der Waals surface area contributed by atoms with Crippen LogP contribution in [0.3, 0.4) is 0 Å². The first-order chi connectivity index (χ1) is 12.2. The van der Waals surface area contributed by atoms with E-state index in [0.717, 1.165) is 6.42 Å². The average molecular weight is 350 g/mol. The van der Waals surface area contributed by atoms with Crippen LogP contribution in [-0.2, 0) is 0 Å². The molecular weight excluding hydrogens is 314 g/mol. The molecule has 0 atom stereocenters. The Labute approximate surface area is 152 Å². The van der Waals surface area contributed by atoms with Crippen LogP contribution in [0.1, 0.15) is 90.0 Å². The lowest BCUT2D eigenvalue weighted by molar-refractivity contribution is 0.302. The van der Waals surface area contributed by atoms with E-state index in [1.54, 1.807) is 12.1 Å². The SMILES string of the molecule is CCCCCCCCCCCCOc1ccc(/C(CC)=N\O)c(O)c1. The Morgan fingerprint density at radius 2 is 1.52 bits per heavy atom. The standard InChI is InChI=1S/C21H35NO3/c1-3-5-6-7-8-9-10-11-12-13-16-25-18-14-15-19(21(23)17-18)20(4-2)22-24/h14-15,17,23-24H,3-13,16H2,1-2H3/b22-20-. The van der Waals surface area contributed by atoms with Crippen LogP contribution in [0.15, 0.2) is 23.4 Å². The van der Waals surface area contributed by atoms with E-state index in [1.807, 2.05) is 13.0 Å². The summed E-state index contributed by atoms with van der Waals surface area (Å²) in [7, 11) is 0. The molecule has 0 aliphatic carbocycles.